The fourth-order valence-corrected chi connectivity index (χ4v) is 0. The molecular weight excluding hydrogens is 117 g/mol. The molecule has 0 N–H and O–H groups in total. The molecular formula is C4H8NNaS. The van der Waals surface area contributed by atoms with Crippen molar-refractivity contribution in [3.63, 3.8) is 0 Å². The second-order valence-corrected chi connectivity index (χ2v) is 1.76. The molecule has 0 unspecified atom stereocenters. The topological polar surface area (TPSA) is 3.24 Å². The standard InChI is InChI=1S/C4H8NS.Na/c1-4(6)5(2)3;/h1H2,2-3H3;/q-1;+1. The average Bonchev–Trinajstić information content (AvgIpc) is 1.36. The fraction of sp³-hybridized carbons (Fsp3) is 0.500. The first-order valence-electron chi connectivity index (χ1n) is 1.68. The number of rotatable bonds is 0. The Balaban J connectivity index is 0. The van der Waals surface area contributed by atoms with Gasteiger partial charge < -0.3 is 11.8 Å². The van der Waals surface area contributed by atoms with Gasteiger partial charge in [-0.3, -0.25) is 0 Å². The summed E-state index contributed by atoms with van der Waals surface area (Å²) in [6, 6.07) is 0. The van der Waals surface area contributed by atoms with Crippen LogP contribution in [0, 0.1) is 6.92 Å². The van der Waals surface area contributed by atoms with E-state index in [1.165, 1.54) is 0 Å². The molecule has 0 saturated heterocycles. The van der Waals surface area contributed by atoms with Gasteiger partial charge in [0.15, 0.2) is 0 Å². The minimum atomic E-state index is 0. The Morgan fingerprint density at radius 3 is 1.71 bits per heavy atom. The first-order valence-corrected chi connectivity index (χ1v) is 2.08. The van der Waals surface area contributed by atoms with Crippen molar-refractivity contribution in [2.45, 2.75) is 0 Å². The molecule has 0 fully saturated rings. The quantitative estimate of drug-likeness (QED) is 0.204. The van der Waals surface area contributed by atoms with Gasteiger partial charge in [0.05, 0.1) is 0 Å². The van der Waals surface area contributed by atoms with Crippen LogP contribution in [-0.2, 0) is 0 Å². The molecule has 0 saturated carbocycles. The summed E-state index contributed by atoms with van der Waals surface area (Å²) in [7, 11) is 3.74. The van der Waals surface area contributed by atoms with Gasteiger partial charge in [-0.05, 0) is 0 Å². The molecule has 0 aromatic heterocycles. The van der Waals surface area contributed by atoms with Crippen LogP contribution in [0.15, 0.2) is 0 Å². The first kappa shape index (κ1) is 10.7. The third kappa shape index (κ3) is 6.76. The van der Waals surface area contributed by atoms with Crippen LogP contribution >= 0.6 is 12.2 Å². The van der Waals surface area contributed by atoms with Crippen LogP contribution < -0.4 is 29.6 Å². The predicted octanol–water partition coefficient (Wildman–Crippen LogP) is -2.29. The van der Waals surface area contributed by atoms with Gasteiger partial charge in [0.2, 0.25) is 0 Å². The summed E-state index contributed by atoms with van der Waals surface area (Å²) < 4.78 is 0. The zero-order valence-corrected chi connectivity index (χ0v) is 7.88. The molecule has 0 rings (SSSR count). The van der Waals surface area contributed by atoms with Crippen LogP contribution in [0.5, 0.6) is 0 Å². The zero-order chi connectivity index (χ0) is 5.15. The molecule has 0 heterocycles. The van der Waals surface area contributed by atoms with E-state index in [0.29, 0.717) is 4.99 Å². The first-order chi connectivity index (χ1) is 2.64. The van der Waals surface area contributed by atoms with Crippen molar-refractivity contribution in [2.24, 2.45) is 0 Å². The van der Waals surface area contributed by atoms with Crippen LogP contribution in [-0.4, -0.2) is 24.0 Å². The Labute approximate surface area is 72.4 Å². The molecule has 1 nitrogen and oxygen atoms in total. The maximum Gasteiger partial charge on any atom is 1.00 e. The van der Waals surface area contributed by atoms with E-state index in [0.717, 1.165) is 0 Å². The van der Waals surface area contributed by atoms with Gasteiger partial charge in [-0.2, -0.15) is 0 Å². The molecule has 0 aromatic rings. The zero-order valence-electron chi connectivity index (χ0n) is 5.06. The molecule has 36 valence electrons. The van der Waals surface area contributed by atoms with E-state index in [-0.39, 0.29) is 29.6 Å². The van der Waals surface area contributed by atoms with E-state index in [1.54, 1.807) is 4.90 Å². The van der Waals surface area contributed by atoms with Crippen LogP contribution in [0.3, 0.4) is 0 Å². The molecule has 0 atom stereocenters. The molecule has 0 aromatic carbocycles. The van der Waals surface area contributed by atoms with Crippen molar-refractivity contribution >= 4 is 17.2 Å². The smallest absolute Gasteiger partial charge is 0.398 e. The summed E-state index contributed by atoms with van der Waals surface area (Å²) in [5.74, 6) is 0. The van der Waals surface area contributed by atoms with Gasteiger partial charge in [-0.15, -0.1) is 12.2 Å². The predicted molar refractivity (Wildman–Crippen MR) is 31.6 cm³/mol. The second-order valence-electron chi connectivity index (χ2n) is 1.29. The number of nitrogens with zero attached hydrogens (tertiary/aromatic N) is 1. The Kier molecular flexibility index (Phi) is 7.49. The molecule has 0 amide bonds. The monoisotopic (exact) mass is 125 g/mol. The second kappa shape index (κ2) is 4.91. The van der Waals surface area contributed by atoms with Gasteiger partial charge in [0.1, 0.15) is 0 Å². The van der Waals surface area contributed by atoms with Crippen molar-refractivity contribution < 1.29 is 29.6 Å². The van der Waals surface area contributed by atoms with Crippen molar-refractivity contribution in [1.82, 2.24) is 4.90 Å². The summed E-state index contributed by atoms with van der Waals surface area (Å²) in [6.45, 7) is 3.50. The minimum absolute atomic E-state index is 0. The van der Waals surface area contributed by atoms with Gasteiger partial charge >= 0.3 is 29.6 Å². The van der Waals surface area contributed by atoms with Crippen LogP contribution in [0.25, 0.3) is 0 Å². The van der Waals surface area contributed by atoms with Crippen molar-refractivity contribution in [1.29, 1.82) is 0 Å². The van der Waals surface area contributed by atoms with E-state index in [9.17, 15) is 0 Å². The average molecular weight is 125 g/mol. The van der Waals surface area contributed by atoms with Crippen LogP contribution in [0.1, 0.15) is 0 Å². The summed E-state index contributed by atoms with van der Waals surface area (Å²) in [5, 5.41) is 0. The fourth-order valence-electron chi connectivity index (χ4n) is 0. The van der Waals surface area contributed by atoms with Crippen LogP contribution in [0.2, 0.25) is 0 Å². The van der Waals surface area contributed by atoms with Gasteiger partial charge in [-0.1, -0.05) is 4.99 Å². The van der Waals surface area contributed by atoms with E-state index in [1.807, 2.05) is 14.1 Å². The van der Waals surface area contributed by atoms with Gasteiger partial charge in [-0.25, -0.2) is 0 Å². The molecule has 0 aliphatic rings. The van der Waals surface area contributed by atoms with Crippen molar-refractivity contribution in [3.8, 4) is 0 Å². The van der Waals surface area contributed by atoms with E-state index in [2.05, 4.69) is 19.1 Å². The van der Waals surface area contributed by atoms with Crippen molar-refractivity contribution in [2.75, 3.05) is 14.1 Å². The molecule has 0 aliphatic carbocycles. The molecule has 0 bridgehead atoms. The maximum absolute atomic E-state index is 4.63. The third-order valence-electron chi connectivity index (χ3n) is 0.499. The van der Waals surface area contributed by atoms with Crippen LogP contribution in [0.4, 0.5) is 0 Å². The van der Waals surface area contributed by atoms with E-state index < -0.39 is 0 Å². The summed E-state index contributed by atoms with van der Waals surface area (Å²) in [6.07, 6.45) is 0. The molecule has 0 aliphatic heterocycles. The summed E-state index contributed by atoms with van der Waals surface area (Å²) in [4.78, 5) is 2.46. The van der Waals surface area contributed by atoms with Gasteiger partial charge in [0.25, 0.3) is 0 Å². The maximum atomic E-state index is 4.63. The largest absolute Gasteiger partial charge is 1.00 e. The Morgan fingerprint density at radius 2 is 1.71 bits per heavy atom. The van der Waals surface area contributed by atoms with E-state index >= 15 is 0 Å². The Morgan fingerprint density at radius 1 is 1.57 bits per heavy atom. The molecule has 7 heavy (non-hydrogen) atoms. The summed E-state index contributed by atoms with van der Waals surface area (Å²) >= 11 is 4.63. The molecule has 0 radical (unpaired) electrons. The van der Waals surface area contributed by atoms with E-state index in [4.69, 9.17) is 0 Å². The van der Waals surface area contributed by atoms with Gasteiger partial charge in [0, 0.05) is 14.1 Å². The normalized spacial score (nSPS) is 6.57. The number of thiocarbonyl (C=S) groups is 1. The summed E-state index contributed by atoms with van der Waals surface area (Å²) in [5.41, 5.74) is 0. The van der Waals surface area contributed by atoms with Crippen molar-refractivity contribution in [3.05, 3.63) is 6.92 Å². The Hall–Kier alpha value is 0.760. The number of hydrogen-bond acceptors (Lipinski definition) is 1. The minimum Gasteiger partial charge on any atom is -0.398 e. The molecule has 0 spiro atoms. The third-order valence-corrected chi connectivity index (χ3v) is 0.864. The number of hydrogen-bond donors (Lipinski definition) is 0. The Bertz CT molecular complexity index is 62.7. The molecule has 3 heteroatoms. The SMILES string of the molecule is [CH2-]C(=S)N(C)C.[Na+].